The number of hydrogen-bond donors (Lipinski definition) is 0. The number of unbranched alkanes of at least 4 members (excludes halogenated alkanes) is 1. The van der Waals surface area contributed by atoms with E-state index in [1.807, 2.05) is 13.8 Å². The van der Waals surface area contributed by atoms with E-state index in [0.29, 0.717) is 13.0 Å². The average Bonchev–Trinajstić information content (AvgIpc) is 2.25. The van der Waals surface area contributed by atoms with Crippen molar-refractivity contribution in [3.63, 3.8) is 0 Å². The van der Waals surface area contributed by atoms with Crippen LogP contribution in [0.25, 0.3) is 0 Å². The molecule has 3 heteroatoms. The van der Waals surface area contributed by atoms with Crippen molar-refractivity contribution in [3.05, 3.63) is 11.6 Å². The zero-order valence-electron chi connectivity index (χ0n) is 11.0. The molecule has 0 spiro atoms. The molecular weight excluding hydrogens is 216 g/mol. The second-order valence-electron chi connectivity index (χ2n) is 4.69. The van der Waals surface area contributed by atoms with Gasteiger partial charge in [0.2, 0.25) is 0 Å². The molecule has 0 heterocycles. The van der Waals surface area contributed by atoms with Gasteiger partial charge in [-0.25, -0.2) is 0 Å². The maximum absolute atomic E-state index is 11.9. The van der Waals surface area contributed by atoms with E-state index in [1.165, 1.54) is 0 Å². The lowest BCUT2D eigenvalue weighted by Crippen LogP contribution is -2.32. The number of hydrogen-bond acceptors (Lipinski definition) is 3. The standard InChI is InChI=1S/C14H22O3/c1-4-6-7-11-9-12(15)8-10(3)13(11)14(16)17-5-2/h8,11,13H,4-7,9H2,1-3H3/t11-,13+/m0/s1. The van der Waals surface area contributed by atoms with Gasteiger partial charge in [-0.3, -0.25) is 9.59 Å². The van der Waals surface area contributed by atoms with Crippen LogP contribution in [0, 0.1) is 11.8 Å². The van der Waals surface area contributed by atoms with Crippen molar-refractivity contribution >= 4 is 11.8 Å². The van der Waals surface area contributed by atoms with Crippen LogP contribution in [-0.4, -0.2) is 18.4 Å². The molecule has 0 N–H and O–H groups in total. The summed E-state index contributed by atoms with van der Waals surface area (Å²) < 4.78 is 5.11. The number of carbonyl (C=O) groups excluding carboxylic acids is 2. The highest BCUT2D eigenvalue weighted by molar-refractivity contribution is 5.94. The first kappa shape index (κ1) is 13.9. The fraction of sp³-hybridized carbons (Fsp3) is 0.714. The zero-order valence-corrected chi connectivity index (χ0v) is 11.0. The van der Waals surface area contributed by atoms with Crippen LogP contribution in [0.2, 0.25) is 0 Å². The van der Waals surface area contributed by atoms with Gasteiger partial charge < -0.3 is 4.74 Å². The van der Waals surface area contributed by atoms with Gasteiger partial charge in [-0.1, -0.05) is 25.3 Å². The second-order valence-corrected chi connectivity index (χ2v) is 4.69. The Hall–Kier alpha value is -1.12. The number of rotatable bonds is 5. The minimum Gasteiger partial charge on any atom is -0.466 e. The largest absolute Gasteiger partial charge is 0.466 e. The van der Waals surface area contributed by atoms with E-state index in [2.05, 4.69) is 6.92 Å². The van der Waals surface area contributed by atoms with Gasteiger partial charge >= 0.3 is 5.97 Å². The van der Waals surface area contributed by atoms with E-state index in [9.17, 15) is 9.59 Å². The Morgan fingerprint density at radius 2 is 2.18 bits per heavy atom. The minimum absolute atomic E-state index is 0.131. The van der Waals surface area contributed by atoms with E-state index in [-0.39, 0.29) is 23.6 Å². The summed E-state index contributed by atoms with van der Waals surface area (Å²) in [6.07, 6.45) is 5.16. The molecule has 1 aliphatic rings. The van der Waals surface area contributed by atoms with Gasteiger partial charge in [0, 0.05) is 6.42 Å². The highest BCUT2D eigenvalue weighted by Gasteiger charge is 2.34. The molecule has 0 saturated heterocycles. The van der Waals surface area contributed by atoms with Gasteiger partial charge in [-0.05, 0) is 32.3 Å². The molecule has 0 unspecified atom stereocenters. The molecule has 0 amide bonds. The Balaban J connectivity index is 2.81. The lowest BCUT2D eigenvalue weighted by atomic mass is 9.76. The minimum atomic E-state index is -0.209. The molecule has 2 atom stereocenters. The molecule has 0 aliphatic heterocycles. The van der Waals surface area contributed by atoms with Gasteiger partial charge in [0.1, 0.15) is 0 Å². The molecule has 0 aromatic heterocycles. The number of carbonyl (C=O) groups is 2. The smallest absolute Gasteiger partial charge is 0.313 e. The molecular formula is C14H22O3. The van der Waals surface area contributed by atoms with Gasteiger partial charge in [-0.15, -0.1) is 0 Å². The Bertz CT molecular complexity index is 317. The van der Waals surface area contributed by atoms with E-state index in [4.69, 9.17) is 4.74 Å². The lowest BCUT2D eigenvalue weighted by molar-refractivity contribution is -0.149. The van der Waals surface area contributed by atoms with Crippen molar-refractivity contribution in [2.24, 2.45) is 11.8 Å². The van der Waals surface area contributed by atoms with Crippen LogP contribution < -0.4 is 0 Å². The van der Waals surface area contributed by atoms with Crippen molar-refractivity contribution in [1.29, 1.82) is 0 Å². The summed E-state index contributed by atoms with van der Waals surface area (Å²) in [5, 5.41) is 0. The van der Waals surface area contributed by atoms with Crippen LogP contribution in [0.15, 0.2) is 11.6 Å². The van der Waals surface area contributed by atoms with Crippen LogP contribution in [0.5, 0.6) is 0 Å². The fourth-order valence-electron chi connectivity index (χ4n) is 2.50. The SMILES string of the molecule is CCCC[C@H]1CC(=O)C=C(C)[C@H]1C(=O)OCC. The highest BCUT2D eigenvalue weighted by atomic mass is 16.5. The molecule has 1 rings (SSSR count). The first-order valence-corrected chi connectivity index (χ1v) is 6.47. The Morgan fingerprint density at radius 1 is 1.47 bits per heavy atom. The van der Waals surface area contributed by atoms with Gasteiger partial charge in [0.05, 0.1) is 12.5 Å². The number of ether oxygens (including phenoxy) is 1. The maximum atomic E-state index is 11.9. The fourth-order valence-corrected chi connectivity index (χ4v) is 2.50. The highest BCUT2D eigenvalue weighted by Crippen LogP contribution is 2.33. The van der Waals surface area contributed by atoms with Crippen molar-refractivity contribution in [2.75, 3.05) is 6.61 Å². The van der Waals surface area contributed by atoms with Crippen LogP contribution >= 0.6 is 0 Å². The third-order valence-corrected chi connectivity index (χ3v) is 3.28. The molecule has 0 aromatic carbocycles. The predicted molar refractivity (Wildman–Crippen MR) is 66.5 cm³/mol. The summed E-state index contributed by atoms with van der Waals surface area (Å²) in [5.41, 5.74) is 0.862. The molecule has 0 saturated carbocycles. The molecule has 1 aliphatic carbocycles. The normalized spacial score (nSPS) is 24.4. The van der Waals surface area contributed by atoms with Crippen molar-refractivity contribution in [1.82, 2.24) is 0 Å². The number of ketones is 1. The molecule has 0 fully saturated rings. The van der Waals surface area contributed by atoms with Crippen LogP contribution in [0.4, 0.5) is 0 Å². The van der Waals surface area contributed by atoms with Crippen molar-refractivity contribution in [2.45, 2.75) is 46.5 Å². The number of esters is 1. The zero-order chi connectivity index (χ0) is 12.8. The predicted octanol–water partition coefficient (Wildman–Crippen LogP) is 2.89. The first-order valence-electron chi connectivity index (χ1n) is 6.47. The third-order valence-electron chi connectivity index (χ3n) is 3.28. The van der Waals surface area contributed by atoms with E-state index in [0.717, 1.165) is 24.8 Å². The lowest BCUT2D eigenvalue weighted by Gasteiger charge is -2.28. The summed E-state index contributed by atoms with van der Waals surface area (Å²) in [4.78, 5) is 23.5. The van der Waals surface area contributed by atoms with Gasteiger partial charge in [-0.2, -0.15) is 0 Å². The molecule has 3 nitrogen and oxygen atoms in total. The van der Waals surface area contributed by atoms with Crippen LogP contribution in [-0.2, 0) is 14.3 Å². The summed E-state index contributed by atoms with van der Waals surface area (Å²) in [6, 6.07) is 0. The summed E-state index contributed by atoms with van der Waals surface area (Å²) in [5.74, 6) is -0.107. The van der Waals surface area contributed by atoms with Crippen LogP contribution in [0.1, 0.15) is 46.5 Å². The summed E-state index contributed by atoms with van der Waals surface area (Å²) in [7, 11) is 0. The van der Waals surface area contributed by atoms with Crippen LogP contribution in [0.3, 0.4) is 0 Å². The quantitative estimate of drug-likeness (QED) is 0.692. The number of allylic oxidation sites excluding steroid dienone is 1. The Morgan fingerprint density at radius 3 is 2.76 bits per heavy atom. The second kappa shape index (κ2) is 6.58. The monoisotopic (exact) mass is 238 g/mol. The Labute approximate surface area is 103 Å². The maximum Gasteiger partial charge on any atom is 0.313 e. The molecule has 96 valence electrons. The molecule has 0 radical (unpaired) electrons. The molecule has 0 bridgehead atoms. The van der Waals surface area contributed by atoms with E-state index < -0.39 is 0 Å². The van der Waals surface area contributed by atoms with E-state index >= 15 is 0 Å². The first-order chi connectivity index (χ1) is 8.10. The van der Waals surface area contributed by atoms with E-state index in [1.54, 1.807) is 6.08 Å². The third kappa shape index (κ3) is 3.69. The van der Waals surface area contributed by atoms with Gasteiger partial charge in [0.25, 0.3) is 0 Å². The van der Waals surface area contributed by atoms with Gasteiger partial charge in [0.15, 0.2) is 5.78 Å². The summed E-state index contributed by atoms with van der Waals surface area (Å²) in [6.45, 7) is 6.19. The van der Waals surface area contributed by atoms with Crippen molar-refractivity contribution < 1.29 is 14.3 Å². The molecule has 0 aromatic rings. The average molecular weight is 238 g/mol. The molecule has 17 heavy (non-hydrogen) atoms. The summed E-state index contributed by atoms with van der Waals surface area (Å²) >= 11 is 0. The Kier molecular flexibility index (Phi) is 5.39. The topological polar surface area (TPSA) is 43.4 Å². The van der Waals surface area contributed by atoms with Crippen molar-refractivity contribution in [3.8, 4) is 0 Å².